The monoisotopic (exact) mass is 403 g/mol. The summed E-state index contributed by atoms with van der Waals surface area (Å²) in [6.45, 7) is 0. The first-order valence-electron chi connectivity index (χ1n) is 9.84. The number of H-pyrrole nitrogens is 1. The number of pyridine rings is 1. The molecule has 3 aromatic carbocycles. The van der Waals surface area contributed by atoms with Crippen LogP contribution in [0.3, 0.4) is 0 Å². The van der Waals surface area contributed by atoms with Gasteiger partial charge in [0.05, 0.1) is 16.6 Å². The molecule has 5 aromatic rings. The summed E-state index contributed by atoms with van der Waals surface area (Å²) < 4.78 is 0. The van der Waals surface area contributed by atoms with Crippen molar-refractivity contribution in [1.82, 2.24) is 15.0 Å². The number of allylic oxidation sites excluding steroid dienone is 1. The maximum atomic E-state index is 13.2. The van der Waals surface area contributed by atoms with E-state index in [1.807, 2.05) is 72.8 Å². The van der Waals surface area contributed by atoms with E-state index in [4.69, 9.17) is 0 Å². The number of para-hydroxylation sites is 1. The molecule has 2 aromatic heterocycles. The Morgan fingerprint density at radius 1 is 0.839 bits per heavy atom. The van der Waals surface area contributed by atoms with Gasteiger partial charge in [0.1, 0.15) is 0 Å². The van der Waals surface area contributed by atoms with Crippen LogP contribution in [-0.2, 0) is 0 Å². The van der Waals surface area contributed by atoms with Gasteiger partial charge in [-0.2, -0.15) is 0 Å². The predicted octanol–water partition coefficient (Wildman–Crippen LogP) is 5.03. The molecule has 0 radical (unpaired) electrons. The van der Waals surface area contributed by atoms with Crippen molar-refractivity contribution in [1.29, 1.82) is 0 Å². The number of rotatable bonds is 4. The van der Waals surface area contributed by atoms with Crippen LogP contribution in [0.4, 0.5) is 0 Å². The van der Waals surface area contributed by atoms with Gasteiger partial charge in [-0.05, 0) is 35.4 Å². The first kappa shape index (κ1) is 18.6. The summed E-state index contributed by atoms with van der Waals surface area (Å²) in [5.74, 6) is -0.356. The number of ketones is 1. The molecule has 0 spiro atoms. The Morgan fingerprint density at radius 3 is 2.42 bits per heavy atom. The Bertz CT molecular complexity index is 1520. The van der Waals surface area contributed by atoms with Gasteiger partial charge < -0.3 is 4.98 Å². The van der Waals surface area contributed by atoms with Gasteiger partial charge >= 0.3 is 0 Å². The fourth-order valence-electron chi connectivity index (χ4n) is 3.72. The number of nitrogens with one attached hydrogen (secondary N) is 1. The van der Waals surface area contributed by atoms with Crippen LogP contribution < -0.4 is 5.56 Å². The van der Waals surface area contributed by atoms with E-state index in [1.54, 1.807) is 18.5 Å². The second-order valence-electron chi connectivity index (χ2n) is 7.12. The fraction of sp³-hybridized carbons (Fsp3) is 0. The summed E-state index contributed by atoms with van der Waals surface area (Å²) >= 11 is 0. The first-order chi connectivity index (χ1) is 15.2. The highest BCUT2D eigenvalue weighted by atomic mass is 16.1. The highest BCUT2D eigenvalue weighted by Gasteiger charge is 2.18. The Labute approximate surface area is 177 Å². The summed E-state index contributed by atoms with van der Waals surface area (Å²) in [4.78, 5) is 37.5. The zero-order valence-corrected chi connectivity index (χ0v) is 16.4. The molecular formula is C26H17N3O2. The fourth-order valence-corrected chi connectivity index (χ4v) is 3.72. The van der Waals surface area contributed by atoms with Crippen molar-refractivity contribution in [3.63, 3.8) is 0 Å². The number of carbonyl (C=O) groups is 1. The van der Waals surface area contributed by atoms with Crippen LogP contribution in [0, 0.1) is 0 Å². The van der Waals surface area contributed by atoms with Crippen molar-refractivity contribution < 1.29 is 4.79 Å². The van der Waals surface area contributed by atoms with Crippen molar-refractivity contribution >= 4 is 33.8 Å². The van der Waals surface area contributed by atoms with Crippen LogP contribution in [0.2, 0.25) is 0 Å². The third kappa shape index (κ3) is 3.53. The van der Waals surface area contributed by atoms with E-state index in [0.29, 0.717) is 11.1 Å². The summed E-state index contributed by atoms with van der Waals surface area (Å²) in [6.07, 6.45) is 6.39. The molecule has 0 bridgehead atoms. The minimum atomic E-state index is -0.406. The van der Waals surface area contributed by atoms with E-state index < -0.39 is 5.56 Å². The molecule has 31 heavy (non-hydrogen) atoms. The van der Waals surface area contributed by atoms with Gasteiger partial charge in [0, 0.05) is 28.9 Å². The molecule has 5 nitrogen and oxygen atoms in total. The smallest absolute Gasteiger partial charge is 0.260 e. The Morgan fingerprint density at radius 2 is 1.58 bits per heavy atom. The SMILES string of the molecule is O=C(/C=C\c1ccc2nccnc2c1)c1c(-c2ccccc2)c2ccccc2[nH]c1=O. The van der Waals surface area contributed by atoms with Crippen LogP contribution in [-0.4, -0.2) is 20.7 Å². The predicted molar refractivity (Wildman–Crippen MR) is 123 cm³/mol. The molecule has 0 fully saturated rings. The quantitative estimate of drug-likeness (QED) is 0.337. The van der Waals surface area contributed by atoms with E-state index in [-0.39, 0.29) is 11.3 Å². The third-order valence-electron chi connectivity index (χ3n) is 5.15. The zero-order chi connectivity index (χ0) is 21.2. The number of hydrogen-bond donors (Lipinski definition) is 1. The molecule has 0 unspecified atom stereocenters. The van der Waals surface area contributed by atoms with Gasteiger partial charge in [-0.3, -0.25) is 19.6 Å². The van der Waals surface area contributed by atoms with E-state index in [9.17, 15) is 9.59 Å². The normalized spacial score (nSPS) is 11.4. The van der Waals surface area contributed by atoms with Crippen LogP contribution >= 0.6 is 0 Å². The lowest BCUT2D eigenvalue weighted by molar-refractivity contribution is 0.104. The molecule has 0 saturated heterocycles. The Kier molecular flexibility index (Phi) is 4.69. The number of benzene rings is 3. The number of nitrogens with zero attached hydrogens (tertiary/aromatic N) is 2. The van der Waals surface area contributed by atoms with Gasteiger partial charge in [0.25, 0.3) is 5.56 Å². The van der Waals surface area contributed by atoms with Crippen LogP contribution in [0.15, 0.2) is 96.1 Å². The van der Waals surface area contributed by atoms with E-state index in [2.05, 4.69) is 15.0 Å². The average molecular weight is 403 g/mol. The van der Waals surface area contributed by atoms with Crippen molar-refractivity contribution in [2.45, 2.75) is 0 Å². The number of carbonyl (C=O) groups excluding carboxylic acids is 1. The van der Waals surface area contributed by atoms with Crippen LogP contribution in [0.5, 0.6) is 0 Å². The molecule has 0 amide bonds. The molecule has 0 aliphatic rings. The van der Waals surface area contributed by atoms with Crippen molar-refractivity contribution in [3.8, 4) is 11.1 Å². The highest BCUT2D eigenvalue weighted by Crippen LogP contribution is 2.29. The summed E-state index contributed by atoms with van der Waals surface area (Å²) in [5, 5.41) is 0.825. The highest BCUT2D eigenvalue weighted by molar-refractivity contribution is 6.15. The molecule has 2 heterocycles. The summed E-state index contributed by atoms with van der Waals surface area (Å²) in [6, 6.07) is 22.6. The number of aromatic nitrogens is 3. The summed E-state index contributed by atoms with van der Waals surface area (Å²) in [7, 11) is 0. The van der Waals surface area contributed by atoms with Crippen molar-refractivity contribution in [2.24, 2.45) is 0 Å². The molecule has 0 aliphatic heterocycles. The largest absolute Gasteiger partial charge is 0.321 e. The van der Waals surface area contributed by atoms with Crippen molar-refractivity contribution in [3.05, 3.63) is 113 Å². The third-order valence-corrected chi connectivity index (χ3v) is 5.15. The molecule has 0 aliphatic carbocycles. The second kappa shape index (κ2) is 7.80. The van der Waals surface area contributed by atoms with Gasteiger partial charge in [-0.25, -0.2) is 0 Å². The molecule has 148 valence electrons. The van der Waals surface area contributed by atoms with Crippen LogP contribution in [0.25, 0.3) is 39.1 Å². The topological polar surface area (TPSA) is 75.7 Å². The van der Waals surface area contributed by atoms with E-state index in [1.165, 1.54) is 6.08 Å². The van der Waals surface area contributed by atoms with E-state index in [0.717, 1.165) is 27.5 Å². The minimum absolute atomic E-state index is 0.127. The summed E-state index contributed by atoms with van der Waals surface area (Å²) in [5.41, 5.74) is 4.20. The molecule has 0 saturated carbocycles. The lowest BCUT2D eigenvalue weighted by atomic mass is 9.94. The molecular weight excluding hydrogens is 386 g/mol. The maximum absolute atomic E-state index is 13.2. The first-order valence-corrected chi connectivity index (χ1v) is 9.84. The molecule has 1 N–H and O–H groups in total. The second-order valence-corrected chi connectivity index (χ2v) is 7.12. The van der Waals surface area contributed by atoms with Gasteiger partial charge in [0.15, 0.2) is 5.78 Å². The maximum Gasteiger partial charge on any atom is 0.260 e. The average Bonchev–Trinajstić information content (AvgIpc) is 2.82. The zero-order valence-electron chi connectivity index (χ0n) is 16.4. The number of aromatic amines is 1. The molecule has 5 rings (SSSR count). The van der Waals surface area contributed by atoms with Gasteiger partial charge in [-0.1, -0.05) is 60.7 Å². The lowest BCUT2D eigenvalue weighted by Gasteiger charge is -2.11. The Hall–Kier alpha value is -4.38. The van der Waals surface area contributed by atoms with Crippen molar-refractivity contribution in [2.75, 3.05) is 0 Å². The van der Waals surface area contributed by atoms with Gasteiger partial charge in [0.2, 0.25) is 0 Å². The Balaban J connectivity index is 1.63. The van der Waals surface area contributed by atoms with Gasteiger partial charge in [-0.15, -0.1) is 0 Å². The van der Waals surface area contributed by atoms with E-state index >= 15 is 0 Å². The molecule has 0 atom stereocenters. The number of fused-ring (bicyclic) bond motifs is 2. The lowest BCUT2D eigenvalue weighted by Crippen LogP contribution is -2.18. The molecule has 5 heteroatoms. The minimum Gasteiger partial charge on any atom is -0.321 e. The van der Waals surface area contributed by atoms with Crippen LogP contribution in [0.1, 0.15) is 15.9 Å². The number of hydrogen-bond acceptors (Lipinski definition) is 4. The standard InChI is InChI=1S/C26H17N3O2/c30-23(13-11-17-10-12-21-22(16-17)28-15-14-27-21)25-24(18-6-2-1-3-7-18)19-8-4-5-9-20(19)29-26(25)31/h1-16H,(H,29,31)/b13-11-.